The normalized spacial score (nSPS) is 12.6. The van der Waals surface area contributed by atoms with Crippen LogP contribution in [0.2, 0.25) is 0 Å². The summed E-state index contributed by atoms with van der Waals surface area (Å²) in [6, 6.07) is 9.44. The molecule has 0 fully saturated rings. The Hall–Kier alpha value is -3.90. The van der Waals surface area contributed by atoms with E-state index in [2.05, 4.69) is 20.4 Å². The molecule has 0 aliphatic rings. The number of fused-ring (bicyclic) bond motifs is 1. The van der Waals surface area contributed by atoms with Crippen molar-refractivity contribution in [3.05, 3.63) is 65.6 Å². The van der Waals surface area contributed by atoms with Gasteiger partial charge >= 0.3 is 6.18 Å². The maximum Gasteiger partial charge on any atom is 0.417 e. The highest BCUT2D eigenvalue weighted by Gasteiger charge is 2.34. The van der Waals surface area contributed by atoms with E-state index in [1.54, 1.807) is 25.3 Å². The lowest BCUT2D eigenvalue weighted by Crippen LogP contribution is -2.22. The number of alkyl halides is 3. The van der Waals surface area contributed by atoms with Crippen molar-refractivity contribution >= 4 is 17.4 Å². The SMILES string of the molecule is Cc1nc2c(OC[C@H](O)CO)cc(-c3ccccc3C(F)(F)F)nn2c1C(=O)Nc1ccc[nH]1. The van der Waals surface area contributed by atoms with E-state index in [9.17, 15) is 23.1 Å². The van der Waals surface area contributed by atoms with E-state index in [0.717, 1.165) is 10.6 Å². The second-order valence-electron chi connectivity index (χ2n) is 7.40. The number of aliphatic hydroxyl groups is 2. The summed E-state index contributed by atoms with van der Waals surface area (Å²) in [6.45, 7) is 0.614. The fourth-order valence-electron chi connectivity index (χ4n) is 3.38. The van der Waals surface area contributed by atoms with Crippen molar-refractivity contribution in [2.24, 2.45) is 0 Å². The first-order valence-electron chi connectivity index (χ1n) is 10.1. The second kappa shape index (κ2) is 9.15. The number of amides is 1. The van der Waals surface area contributed by atoms with E-state index in [0.29, 0.717) is 5.82 Å². The van der Waals surface area contributed by atoms with Gasteiger partial charge in [-0.05, 0) is 25.1 Å². The average Bonchev–Trinajstić information content (AvgIpc) is 3.43. The lowest BCUT2D eigenvalue weighted by atomic mass is 10.0. The number of nitrogens with one attached hydrogen (secondary N) is 2. The van der Waals surface area contributed by atoms with E-state index < -0.39 is 30.4 Å². The molecule has 0 spiro atoms. The van der Waals surface area contributed by atoms with Gasteiger partial charge in [-0.15, -0.1) is 0 Å². The Morgan fingerprint density at radius 2 is 2.03 bits per heavy atom. The van der Waals surface area contributed by atoms with E-state index in [-0.39, 0.29) is 40.6 Å². The number of ether oxygens (including phenoxy) is 1. The minimum absolute atomic E-state index is 0.0107. The maximum atomic E-state index is 13.7. The van der Waals surface area contributed by atoms with Crippen LogP contribution in [-0.2, 0) is 6.18 Å². The van der Waals surface area contributed by atoms with Crippen molar-refractivity contribution in [2.45, 2.75) is 19.2 Å². The monoisotopic (exact) mass is 475 g/mol. The van der Waals surface area contributed by atoms with Crippen molar-refractivity contribution in [3.8, 4) is 17.0 Å². The van der Waals surface area contributed by atoms with Crippen LogP contribution in [0.1, 0.15) is 21.7 Å². The van der Waals surface area contributed by atoms with Crippen LogP contribution >= 0.6 is 0 Å². The molecule has 34 heavy (non-hydrogen) atoms. The highest BCUT2D eigenvalue weighted by molar-refractivity contribution is 6.04. The Morgan fingerprint density at radius 1 is 1.26 bits per heavy atom. The molecular weight excluding hydrogens is 455 g/mol. The molecule has 1 amide bonds. The molecule has 178 valence electrons. The number of imidazole rings is 1. The third-order valence-corrected chi connectivity index (χ3v) is 4.94. The molecule has 0 saturated heterocycles. The molecule has 1 aromatic carbocycles. The predicted molar refractivity (Wildman–Crippen MR) is 115 cm³/mol. The molecule has 0 aliphatic carbocycles. The van der Waals surface area contributed by atoms with Crippen LogP contribution in [0.5, 0.6) is 5.75 Å². The van der Waals surface area contributed by atoms with Crippen LogP contribution in [-0.4, -0.2) is 55.0 Å². The zero-order valence-electron chi connectivity index (χ0n) is 17.8. The fraction of sp³-hybridized carbons (Fsp3) is 0.227. The summed E-state index contributed by atoms with van der Waals surface area (Å²) in [7, 11) is 0. The van der Waals surface area contributed by atoms with E-state index in [4.69, 9.17) is 9.84 Å². The molecular formula is C22H20F3N5O4. The number of aliphatic hydroxyl groups excluding tert-OH is 2. The van der Waals surface area contributed by atoms with Gasteiger partial charge in [0.1, 0.15) is 18.5 Å². The summed E-state index contributed by atoms with van der Waals surface area (Å²) in [6.07, 6.45) is -4.27. The van der Waals surface area contributed by atoms with Crippen LogP contribution in [0.15, 0.2) is 48.7 Å². The Labute approximate surface area is 190 Å². The van der Waals surface area contributed by atoms with Gasteiger partial charge in [0.2, 0.25) is 0 Å². The highest BCUT2D eigenvalue weighted by Crippen LogP contribution is 2.37. The molecule has 12 heteroatoms. The molecule has 4 rings (SSSR count). The number of carbonyl (C=O) groups is 1. The van der Waals surface area contributed by atoms with E-state index >= 15 is 0 Å². The maximum absolute atomic E-state index is 13.7. The molecule has 4 N–H and O–H groups in total. The molecule has 9 nitrogen and oxygen atoms in total. The van der Waals surface area contributed by atoms with Gasteiger partial charge in [-0.2, -0.15) is 18.3 Å². The minimum atomic E-state index is -4.65. The first-order valence-corrected chi connectivity index (χ1v) is 10.1. The second-order valence-corrected chi connectivity index (χ2v) is 7.40. The summed E-state index contributed by atoms with van der Waals surface area (Å²) >= 11 is 0. The predicted octanol–water partition coefficient (Wildman–Crippen LogP) is 3.04. The zero-order valence-corrected chi connectivity index (χ0v) is 17.8. The quantitative estimate of drug-likeness (QED) is 0.326. The number of aryl methyl sites for hydroxylation is 1. The van der Waals surface area contributed by atoms with Crippen LogP contribution in [0.4, 0.5) is 19.0 Å². The number of aromatic amines is 1. The molecule has 0 saturated carbocycles. The third kappa shape index (κ3) is 4.58. The van der Waals surface area contributed by atoms with Gasteiger partial charge in [-0.25, -0.2) is 9.50 Å². The van der Waals surface area contributed by atoms with Gasteiger partial charge in [-0.3, -0.25) is 4.79 Å². The summed E-state index contributed by atoms with van der Waals surface area (Å²) in [5, 5.41) is 25.7. The number of halogens is 3. The van der Waals surface area contributed by atoms with Crippen LogP contribution < -0.4 is 10.1 Å². The largest absolute Gasteiger partial charge is 0.487 e. The number of aromatic nitrogens is 4. The summed E-state index contributed by atoms with van der Waals surface area (Å²) in [5.41, 5.74) is -0.967. The van der Waals surface area contributed by atoms with E-state index in [1.807, 2.05) is 0 Å². The van der Waals surface area contributed by atoms with Crippen molar-refractivity contribution in [2.75, 3.05) is 18.5 Å². The van der Waals surface area contributed by atoms with Crippen LogP contribution in [0.25, 0.3) is 16.9 Å². The Kier molecular flexibility index (Phi) is 6.26. The van der Waals surface area contributed by atoms with Gasteiger partial charge in [0.05, 0.1) is 23.6 Å². The van der Waals surface area contributed by atoms with Gasteiger partial charge in [0, 0.05) is 17.8 Å². The smallest absolute Gasteiger partial charge is 0.417 e. The fourth-order valence-corrected chi connectivity index (χ4v) is 3.38. The molecule has 3 heterocycles. The molecule has 1 atom stereocenters. The number of benzene rings is 1. The number of H-pyrrole nitrogens is 1. The molecule has 3 aromatic heterocycles. The molecule has 0 aliphatic heterocycles. The highest BCUT2D eigenvalue weighted by atomic mass is 19.4. The molecule has 0 unspecified atom stereocenters. The van der Waals surface area contributed by atoms with Crippen LogP contribution in [0, 0.1) is 6.92 Å². The summed E-state index contributed by atoms with van der Waals surface area (Å²) in [5.74, 6) is -0.209. The molecule has 4 aromatic rings. The topological polar surface area (TPSA) is 125 Å². The number of rotatable bonds is 7. The zero-order chi connectivity index (χ0) is 24.5. The van der Waals surface area contributed by atoms with Crippen molar-refractivity contribution in [3.63, 3.8) is 0 Å². The first kappa shape index (κ1) is 23.3. The lowest BCUT2D eigenvalue weighted by Gasteiger charge is -2.15. The number of carbonyl (C=O) groups excluding carboxylic acids is 1. The minimum Gasteiger partial charge on any atom is -0.487 e. The van der Waals surface area contributed by atoms with E-state index in [1.165, 1.54) is 24.3 Å². The van der Waals surface area contributed by atoms with Gasteiger partial charge < -0.3 is 25.3 Å². The summed E-state index contributed by atoms with van der Waals surface area (Å²) in [4.78, 5) is 20.1. The standard InChI is InChI=1S/C22H20F3N5O4/c1-12-19(21(33)28-18-7-4-8-26-18)30-20(27-12)17(34-11-13(32)10-31)9-16(29-30)14-5-2-3-6-15(14)22(23,24)25/h2-9,13,26,31-32H,10-11H2,1H3,(H,28,33)/t13-/m1/s1. The summed E-state index contributed by atoms with van der Waals surface area (Å²) < 4.78 is 47.7. The number of hydrogen-bond acceptors (Lipinski definition) is 6. The number of anilines is 1. The molecule has 0 radical (unpaired) electrons. The Bertz CT molecular complexity index is 1320. The van der Waals surface area contributed by atoms with Crippen LogP contribution in [0.3, 0.4) is 0 Å². The van der Waals surface area contributed by atoms with Gasteiger partial charge in [-0.1, -0.05) is 18.2 Å². The Balaban J connectivity index is 1.90. The Morgan fingerprint density at radius 3 is 2.71 bits per heavy atom. The van der Waals surface area contributed by atoms with Gasteiger partial charge in [0.15, 0.2) is 17.1 Å². The third-order valence-electron chi connectivity index (χ3n) is 4.94. The lowest BCUT2D eigenvalue weighted by molar-refractivity contribution is -0.137. The number of hydrogen-bond donors (Lipinski definition) is 4. The first-order chi connectivity index (χ1) is 16.2. The number of nitrogens with zero attached hydrogens (tertiary/aromatic N) is 3. The van der Waals surface area contributed by atoms with Crippen molar-refractivity contribution < 1.29 is 32.9 Å². The van der Waals surface area contributed by atoms with Crippen molar-refractivity contribution in [1.29, 1.82) is 0 Å². The molecule has 0 bridgehead atoms. The average molecular weight is 475 g/mol. The van der Waals surface area contributed by atoms with Gasteiger partial charge in [0.25, 0.3) is 5.91 Å². The van der Waals surface area contributed by atoms with Crippen molar-refractivity contribution in [1.82, 2.24) is 19.6 Å².